The second-order valence-electron chi connectivity index (χ2n) is 7.18. The number of hydrogen-bond acceptors (Lipinski definition) is 2. The van der Waals surface area contributed by atoms with Gasteiger partial charge < -0.3 is 4.74 Å². The van der Waals surface area contributed by atoms with Crippen molar-refractivity contribution in [3.05, 3.63) is 69.1 Å². The molecule has 142 valence electrons. The van der Waals surface area contributed by atoms with Gasteiger partial charge in [-0.25, -0.2) is 8.78 Å². The fraction of sp³-hybridized carbons (Fsp3) is 0.286. The van der Waals surface area contributed by atoms with Crippen LogP contribution in [0, 0.1) is 28.9 Å². The van der Waals surface area contributed by atoms with E-state index in [-0.39, 0.29) is 41.0 Å². The molecule has 1 fully saturated rings. The van der Waals surface area contributed by atoms with E-state index in [9.17, 15) is 13.6 Å². The fourth-order valence-corrected chi connectivity index (χ4v) is 3.95. The molecule has 3 rings (SSSR count). The third-order valence-corrected chi connectivity index (χ3v) is 5.58. The summed E-state index contributed by atoms with van der Waals surface area (Å²) in [6, 6.07) is 10.6. The van der Waals surface area contributed by atoms with Crippen LogP contribution in [-0.4, -0.2) is 5.97 Å². The van der Waals surface area contributed by atoms with Crippen molar-refractivity contribution in [1.82, 2.24) is 0 Å². The molecule has 0 unspecified atom stereocenters. The van der Waals surface area contributed by atoms with Crippen molar-refractivity contribution < 1.29 is 18.3 Å². The smallest absolute Gasteiger partial charge is 0.310 e. The number of carbonyl (C=O) groups is 1. The lowest BCUT2D eigenvalue weighted by Gasteiger charge is -2.10. The maximum Gasteiger partial charge on any atom is 0.310 e. The van der Waals surface area contributed by atoms with Crippen molar-refractivity contribution in [3.8, 4) is 11.1 Å². The number of esters is 1. The van der Waals surface area contributed by atoms with Gasteiger partial charge in [0, 0.05) is 11.1 Å². The summed E-state index contributed by atoms with van der Waals surface area (Å²) in [7, 11) is 0. The third kappa shape index (κ3) is 4.32. The minimum Gasteiger partial charge on any atom is -0.460 e. The zero-order valence-electron chi connectivity index (χ0n) is 14.8. The zero-order valence-corrected chi connectivity index (χ0v) is 18.0. The molecule has 2 aromatic carbocycles. The first kappa shape index (κ1) is 20.2. The highest BCUT2D eigenvalue weighted by atomic mass is 79.9. The number of rotatable bonds is 5. The van der Waals surface area contributed by atoms with Gasteiger partial charge in [0.1, 0.15) is 18.2 Å². The molecule has 27 heavy (non-hydrogen) atoms. The second-order valence-corrected chi connectivity index (χ2v) is 9.95. The maximum absolute atomic E-state index is 14.8. The summed E-state index contributed by atoms with van der Waals surface area (Å²) in [5, 5.41) is 0. The normalized spacial score (nSPS) is 20.1. The lowest BCUT2D eigenvalue weighted by atomic mass is 10.0. The van der Waals surface area contributed by atoms with Gasteiger partial charge in [-0.3, -0.25) is 4.79 Å². The van der Waals surface area contributed by atoms with E-state index in [4.69, 9.17) is 4.74 Å². The summed E-state index contributed by atoms with van der Waals surface area (Å²) in [5.74, 6) is -1.50. The van der Waals surface area contributed by atoms with Crippen LogP contribution in [0.4, 0.5) is 8.78 Å². The van der Waals surface area contributed by atoms with Gasteiger partial charge >= 0.3 is 5.97 Å². The van der Waals surface area contributed by atoms with Crippen LogP contribution in [0.5, 0.6) is 0 Å². The number of ether oxygens (including phenoxy) is 1. The second kappa shape index (κ2) is 7.84. The average Bonchev–Trinajstić information content (AvgIpc) is 3.13. The Labute approximate surface area is 173 Å². The molecule has 1 saturated carbocycles. The van der Waals surface area contributed by atoms with E-state index in [0.717, 1.165) is 3.39 Å². The Hall–Kier alpha value is -1.53. The van der Waals surface area contributed by atoms with E-state index in [0.29, 0.717) is 5.56 Å². The summed E-state index contributed by atoms with van der Waals surface area (Å²) in [5.41, 5.74) is 0.777. The first-order chi connectivity index (χ1) is 12.7. The molecule has 0 bridgehead atoms. The minimum atomic E-state index is -0.509. The quantitative estimate of drug-likeness (QED) is 0.434. The van der Waals surface area contributed by atoms with Crippen LogP contribution >= 0.6 is 31.9 Å². The van der Waals surface area contributed by atoms with Gasteiger partial charge in [0.25, 0.3) is 0 Å². The Morgan fingerprint density at radius 2 is 1.89 bits per heavy atom. The fourth-order valence-electron chi connectivity index (χ4n) is 3.38. The van der Waals surface area contributed by atoms with Crippen molar-refractivity contribution in [3.63, 3.8) is 0 Å². The standard InChI is InChI=1S/C21H18Br2F2O2/c1-21(2)16(10-17(22)23)18(21)20(26)27-11-13-6-4-8-15(19(13)25)12-5-3-7-14(24)9-12/h3-10,16,18H,11H2,1-2H3/t16-,18-/m0/s1. The van der Waals surface area contributed by atoms with Gasteiger partial charge in [-0.05, 0) is 60.9 Å². The molecule has 1 aliphatic rings. The summed E-state index contributed by atoms with van der Waals surface area (Å²) in [6.45, 7) is 3.83. The van der Waals surface area contributed by atoms with E-state index in [1.807, 2.05) is 19.9 Å². The molecule has 0 saturated heterocycles. The van der Waals surface area contributed by atoms with Crippen molar-refractivity contribution in [2.45, 2.75) is 20.5 Å². The molecule has 1 aliphatic carbocycles. The Bertz CT molecular complexity index is 905. The van der Waals surface area contributed by atoms with Crippen LogP contribution in [0.25, 0.3) is 11.1 Å². The van der Waals surface area contributed by atoms with Gasteiger partial charge in [-0.2, -0.15) is 0 Å². The van der Waals surface area contributed by atoms with Crippen molar-refractivity contribution in [2.24, 2.45) is 17.3 Å². The van der Waals surface area contributed by atoms with Crippen LogP contribution in [0.1, 0.15) is 19.4 Å². The predicted octanol–water partition coefficient (Wildman–Crippen LogP) is 6.58. The lowest BCUT2D eigenvalue weighted by Crippen LogP contribution is -2.11. The molecular weight excluding hydrogens is 482 g/mol. The zero-order chi connectivity index (χ0) is 19.8. The highest BCUT2D eigenvalue weighted by Crippen LogP contribution is 2.60. The molecule has 6 heteroatoms. The molecular formula is C21H18Br2F2O2. The van der Waals surface area contributed by atoms with Crippen LogP contribution in [0.2, 0.25) is 0 Å². The highest BCUT2D eigenvalue weighted by Gasteiger charge is 2.61. The van der Waals surface area contributed by atoms with Gasteiger partial charge in [-0.1, -0.05) is 50.3 Å². The Morgan fingerprint density at radius 1 is 1.19 bits per heavy atom. The van der Waals surface area contributed by atoms with Crippen molar-refractivity contribution in [2.75, 3.05) is 0 Å². The molecule has 0 amide bonds. The van der Waals surface area contributed by atoms with E-state index in [2.05, 4.69) is 31.9 Å². The molecule has 0 spiro atoms. The molecule has 0 radical (unpaired) electrons. The van der Waals surface area contributed by atoms with Gasteiger partial charge in [0.2, 0.25) is 0 Å². The van der Waals surface area contributed by atoms with Crippen molar-refractivity contribution >= 4 is 37.8 Å². The number of halogens is 4. The molecule has 2 atom stereocenters. The molecule has 2 nitrogen and oxygen atoms in total. The molecule has 0 aliphatic heterocycles. The van der Waals surface area contributed by atoms with Gasteiger partial charge in [0.15, 0.2) is 0 Å². The highest BCUT2D eigenvalue weighted by molar-refractivity contribution is 9.28. The van der Waals surface area contributed by atoms with E-state index in [1.165, 1.54) is 18.2 Å². The SMILES string of the molecule is CC1(C)[C@H](C(=O)OCc2cccc(-c3cccc(F)c3)c2F)[C@@H]1C=C(Br)Br. The monoisotopic (exact) mass is 498 g/mol. The summed E-state index contributed by atoms with van der Waals surface area (Å²) in [4.78, 5) is 12.4. The average molecular weight is 500 g/mol. The number of allylic oxidation sites excluding steroid dienone is 1. The Balaban J connectivity index is 1.73. The summed E-state index contributed by atoms with van der Waals surface area (Å²) >= 11 is 6.63. The molecule has 0 aromatic heterocycles. The molecule has 0 N–H and O–H groups in total. The van der Waals surface area contributed by atoms with E-state index >= 15 is 0 Å². The lowest BCUT2D eigenvalue weighted by molar-refractivity contribution is -0.147. The van der Waals surface area contributed by atoms with Crippen molar-refractivity contribution in [1.29, 1.82) is 0 Å². The van der Waals surface area contributed by atoms with E-state index < -0.39 is 11.6 Å². The third-order valence-electron chi connectivity index (χ3n) is 5.05. The maximum atomic E-state index is 14.8. The van der Waals surface area contributed by atoms with Crippen LogP contribution < -0.4 is 0 Å². The molecule has 0 heterocycles. The number of hydrogen-bond donors (Lipinski definition) is 0. The predicted molar refractivity (Wildman–Crippen MR) is 108 cm³/mol. The van der Waals surface area contributed by atoms with Gasteiger partial charge in [-0.15, -0.1) is 0 Å². The Kier molecular flexibility index (Phi) is 5.87. The largest absolute Gasteiger partial charge is 0.460 e. The summed E-state index contributed by atoms with van der Waals surface area (Å²) in [6.07, 6.45) is 1.93. The summed E-state index contributed by atoms with van der Waals surface area (Å²) < 4.78 is 34.4. The number of benzene rings is 2. The van der Waals surface area contributed by atoms with Crippen LogP contribution in [0.3, 0.4) is 0 Å². The minimum absolute atomic E-state index is 0.0576. The van der Waals surface area contributed by atoms with Gasteiger partial charge in [0.05, 0.1) is 9.31 Å². The first-order valence-electron chi connectivity index (χ1n) is 8.44. The topological polar surface area (TPSA) is 26.3 Å². The molecule has 2 aromatic rings. The van der Waals surface area contributed by atoms with Crippen LogP contribution in [-0.2, 0) is 16.1 Å². The Morgan fingerprint density at radius 3 is 2.56 bits per heavy atom. The van der Waals surface area contributed by atoms with Crippen LogP contribution in [0.15, 0.2) is 51.9 Å². The number of carbonyl (C=O) groups excluding carboxylic acids is 1. The van der Waals surface area contributed by atoms with E-state index in [1.54, 1.807) is 24.3 Å². The first-order valence-corrected chi connectivity index (χ1v) is 10.0.